The molecule has 0 aromatic carbocycles. The van der Waals surface area contributed by atoms with Crippen molar-refractivity contribution >= 4 is 11.8 Å². The second-order valence-corrected chi connectivity index (χ2v) is 4.56. The molecule has 106 valence electrons. The Balaban J connectivity index is 1.92. The monoisotopic (exact) mass is 269 g/mol. The second-order valence-electron chi connectivity index (χ2n) is 4.56. The molecular formula is C12H20FN5O. The van der Waals surface area contributed by atoms with Crippen molar-refractivity contribution in [3.05, 3.63) is 12.0 Å². The van der Waals surface area contributed by atoms with Crippen molar-refractivity contribution in [1.82, 2.24) is 14.9 Å². The van der Waals surface area contributed by atoms with Crippen molar-refractivity contribution in [3.8, 4) is 0 Å². The molecule has 7 heteroatoms. The van der Waals surface area contributed by atoms with Gasteiger partial charge in [-0.3, -0.25) is 0 Å². The van der Waals surface area contributed by atoms with E-state index in [0.29, 0.717) is 25.6 Å². The van der Waals surface area contributed by atoms with Crippen molar-refractivity contribution in [2.24, 2.45) is 0 Å². The third kappa shape index (κ3) is 4.00. The summed E-state index contributed by atoms with van der Waals surface area (Å²) < 4.78 is 19.2. The number of morpholine rings is 1. The van der Waals surface area contributed by atoms with E-state index in [1.165, 1.54) is 6.20 Å². The second kappa shape index (κ2) is 6.63. The lowest BCUT2D eigenvalue weighted by Gasteiger charge is -2.30. The summed E-state index contributed by atoms with van der Waals surface area (Å²) in [5.74, 6) is 0.182. The van der Waals surface area contributed by atoms with Gasteiger partial charge in [0.1, 0.15) is 0 Å². The Morgan fingerprint density at radius 1 is 1.53 bits per heavy atom. The van der Waals surface area contributed by atoms with Crippen LogP contribution in [0.1, 0.15) is 6.92 Å². The van der Waals surface area contributed by atoms with Crippen LogP contribution in [-0.2, 0) is 4.74 Å². The molecule has 2 rings (SSSR count). The number of aromatic nitrogens is 2. The van der Waals surface area contributed by atoms with Gasteiger partial charge in [-0.1, -0.05) is 0 Å². The molecule has 0 bridgehead atoms. The van der Waals surface area contributed by atoms with Crippen LogP contribution in [0.4, 0.5) is 16.2 Å². The molecule has 1 fully saturated rings. The number of hydrogen-bond acceptors (Lipinski definition) is 6. The van der Waals surface area contributed by atoms with E-state index in [1.807, 2.05) is 14.0 Å². The lowest BCUT2D eigenvalue weighted by atomic mass is 10.3. The SMILES string of the molecule is CCNc1ncc(F)c(NCC2CN(C)CCO2)n1. The van der Waals surface area contributed by atoms with Gasteiger partial charge in [0.15, 0.2) is 11.6 Å². The first-order chi connectivity index (χ1) is 9.19. The van der Waals surface area contributed by atoms with Crippen LogP contribution in [0.15, 0.2) is 6.20 Å². The van der Waals surface area contributed by atoms with Gasteiger partial charge in [0.25, 0.3) is 0 Å². The maximum atomic E-state index is 13.6. The van der Waals surface area contributed by atoms with Gasteiger partial charge >= 0.3 is 0 Å². The number of nitrogens with one attached hydrogen (secondary N) is 2. The average Bonchev–Trinajstić information content (AvgIpc) is 2.40. The Bertz CT molecular complexity index is 417. The molecule has 0 aliphatic carbocycles. The molecule has 0 radical (unpaired) electrons. The highest BCUT2D eigenvalue weighted by molar-refractivity contribution is 5.41. The lowest BCUT2D eigenvalue weighted by molar-refractivity contribution is -0.0117. The summed E-state index contributed by atoms with van der Waals surface area (Å²) in [7, 11) is 2.05. The first-order valence-electron chi connectivity index (χ1n) is 6.49. The van der Waals surface area contributed by atoms with Crippen molar-refractivity contribution in [3.63, 3.8) is 0 Å². The predicted octanol–water partition coefficient (Wildman–Crippen LogP) is 0.790. The van der Waals surface area contributed by atoms with E-state index in [1.54, 1.807) is 0 Å². The Morgan fingerprint density at radius 3 is 3.11 bits per heavy atom. The Hall–Kier alpha value is -1.47. The van der Waals surface area contributed by atoms with E-state index >= 15 is 0 Å². The van der Waals surface area contributed by atoms with Crippen LogP contribution in [0.2, 0.25) is 0 Å². The van der Waals surface area contributed by atoms with Gasteiger partial charge in [-0.15, -0.1) is 0 Å². The van der Waals surface area contributed by atoms with E-state index in [9.17, 15) is 4.39 Å². The summed E-state index contributed by atoms with van der Waals surface area (Å²) in [5.41, 5.74) is 0. The van der Waals surface area contributed by atoms with Crippen LogP contribution in [-0.4, -0.2) is 60.8 Å². The topological polar surface area (TPSA) is 62.3 Å². The minimum Gasteiger partial charge on any atom is -0.374 e. The summed E-state index contributed by atoms with van der Waals surface area (Å²) >= 11 is 0. The molecule has 0 saturated carbocycles. The van der Waals surface area contributed by atoms with Crippen LogP contribution in [0.5, 0.6) is 0 Å². The molecule has 2 N–H and O–H groups in total. The Kier molecular flexibility index (Phi) is 4.86. The summed E-state index contributed by atoms with van der Waals surface area (Å²) in [6, 6.07) is 0. The van der Waals surface area contributed by atoms with Gasteiger partial charge in [0, 0.05) is 26.2 Å². The fourth-order valence-electron chi connectivity index (χ4n) is 1.94. The maximum Gasteiger partial charge on any atom is 0.224 e. The third-order valence-electron chi connectivity index (χ3n) is 2.92. The molecule has 1 atom stereocenters. The number of rotatable bonds is 5. The fraction of sp³-hybridized carbons (Fsp3) is 0.667. The normalized spacial score (nSPS) is 20.3. The molecule has 6 nitrogen and oxygen atoms in total. The Labute approximate surface area is 112 Å². The predicted molar refractivity (Wildman–Crippen MR) is 71.9 cm³/mol. The van der Waals surface area contributed by atoms with Crippen molar-refractivity contribution in [2.45, 2.75) is 13.0 Å². The minimum absolute atomic E-state index is 0.0516. The molecule has 1 unspecified atom stereocenters. The maximum absolute atomic E-state index is 13.6. The van der Waals surface area contributed by atoms with Crippen molar-refractivity contribution in [2.75, 3.05) is 50.5 Å². The molecule has 1 aliphatic heterocycles. The zero-order valence-corrected chi connectivity index (χ0v) is 11.3. The molecule has 1 aliphatic rings. The largest absolute Gasteiger partial charge is 0.374 e. The van der Waals surface area contributed by atoms with E-state index in [2.05, 4.69) is 25.5 Å². The summed E-state index contributed by atoms with van der Waals surface area (Å²) in [6.07, 6.45) is 1.22. The van der Waals surface area contributed by atoms with Gasteiger partial charge in [0.05, 0.1) is 18.9 Å². The first kappa shape index (κ1) is 14.0. The molecule has 19 heavy (non-hydrogen) atoms. The van der Waals surface area contributed by atoms with Crippen LogP contribution >= 0.6 is 0 Å². The summed E-state index contributed by atoms with van der Waals surface area (Å²) in [6.45, 7) is 5.64. The number of hydrogen-bond donors (Lipinski definition) is 2. The first-order valence-corrected chi connectivity index (χ1v) is 6.49. The van der Waals surface area contributed by atoms with Crippen LogP contribution in [0.25, 0.3) is 0 Å². The van der Waals surface area contributed by atoms with Crippen LogP contribution < -0.4 is 10.6 Å². The van der Waals surface area contributed by atoms with E-state index in [4.69, 9.17) is 4.74 Å². The van der Waals surface area contributed by atoms with E-state index in [0.717, 1.165) is 13.1 Å². The third-order valence-corrected chi connectivity index (χ3v) is 2.92. The molecule has 0 amide bonds. The van der Waals surface area contributed by atoms with E-state index in [-0.39, 0.29) is 11.9 Å². The zero-order chi connectivity index (χ0) is 13.7. The van der Waals surface area contributed by atoms with E-state index < -0.39 is 5.82 Å². The molecule has 1 saturated heterocycles. The Morgan fingerprint density at radius 2 is 2.37 bits per heavy atom. The fourth-order valence-corrected chi connectivity index (χ4v) is 1.94. The van der Waals surface area contributed by atoms with Gasteiger partial charge in [-0.05, 0) is 14.0 Å². The zero-order valence-electron chi connectivity index (χ0n) is 11.3. The van der Waals surface area contributed by atoms with Crippen molar-refractivity contribution in [1.29, 1.82) is 0 Å². The van der Waals surface area contributed by atoms with Crippen LogP contribution in [0, 0.1) is 5.82 Å². The highest BCUT2D eigenvalue weighted by Crippen LogP contribution is 2.12. The van der Waals surface area contributed by atoms with Crippen molar-refractivity contribution < 1.29 is 9.13 Å². The highest BCUT2D eigenvalue weighted by atomic mass is 19.1. The van der Waals surface area contributed by atoms with Gasteiger partial charge in [0.2, 0.25) is 5.95 Å². The quantitative estimate of drug-likeness (QED) is 0.824. The number of likely N-dealkylation sites (N-methyl/N-ethyl adjacent to an activating group) is 1. The molecule has 1 aromatic heterocycles. The standard InChI is InChI=1S/C12H20FN5O/c1-3-14-12-16-7-10(13)11(17-12)15-6-9-8-18(2)4-5-19-9/h7,9H,3-6,8H2,1-2H3,(H2,14,15,16,17). The highest BCUT2D eigenvalue weighted by Gasteiger charge is 2.18. The van der Waals surface area contributed by atoms with Crippen LogP contribution in [0.3, 0.4) is 0 Å². The summed E-state index contributed by atoms with van der Waals surface area (Å²) in [5, 5.41) is 5.94. The number of halogens is 1. The van der Waals surface area contributed by atoms with Gasteiger partial charge in [-0.25, -0.2) is 9.37 Å². The number of anilines is 2. The van der Waals surface area contributed by atoms with Gasteiger partial charge < -0.3 is 20.3 Å². The molecule has 1 aromatic rings. The average molecular weight is 269 g/mol. The smallest absolute Gasteiger partial charge is 0.224 e. The molecule has 2 heterocycles. The van der Waals surface area contributed by atoms with Gasteiger partial charge in [-0.2, -0.15) is 4.98 Å². The summed E-state index contributed by atoms with van der Waals surface area (Å²) in [4.78, 5) is 10.1. The molecule has 0 spiro atoms. The number of nitrogens with zero attached hydrogens (tertiary/aromatic N) is 3. The molecular weight excluding hydrogens is 249 g/mol. The minimum atomic E-state index is -0.453. The lowest BCUT2D eigenvalue weighted by Crippen LogP contribution is -2.43. The number of ether oxygens (including phenoxy) is 1.